The normalized spacial score (nSPS) is 34.4. The lowest BCUT2D eigenvalue weighted by Gasteiger charge is -2.48. The highest BCUT2D eigenvalue weighted by atomic mass is 16.3. The Labute approximate surface area is 116 Å². The third-order valence-corrected chi connectivity index (χ3v) is 5.00. The Kier molecular flexibility index (Phi) is 3.44. The molecule has 2 fully saturated rings. The van der Waals surface area contributed by atoms with Crippen molar-refractivity contribution in [1.82, 2.24) is 10.2 Å². The van der Waals surface area contributed by atoms with Crippen molar-refractivity contribution in [2.45, 2.75) is 57.7 Å². The first kappa shape index (κ1) is 13.2. The lowest BCUT2D eigenvalue weighted by molar-refractivity contribution is 0.0504. The van der Waals surface area contributed by atoms with Gasteiger partial charge in [-0.05, 0) is 51.7 Å². The van der Waals surface area contributed by atoms with E-state index in [-0.39, 0.29) is 0 Å². The van der Waals surface area contributed by atoms with Crippen molar-refractivity contribution < 1.29 is 4.42 Å². The minimum atomic E-state index is 0.323. The van der Waals surface area contributed by atoms with E-state index in [9.17, 15) is 0 Å². The first-order valence-corrected chi connectivity index (χ1v) is 7.61. The Hall–Kier alpha value is -0.800. The van der Waals surface area contributed by atoms with Gasteiger partial charge >= 0.3 is 0 Å². The smallest absolute Gasteiger partial charge is 0.105 e. The maximum absolute atomic E-state index is 5.50. The van der Waals surface area contributed by atoms with Crippen LogP contribution in [0.4, 0.5) is 0 Å². The van der Waals surface area contributed by atoms with Gasteiger partial charge in [0.2, 0.25) is 0 Å². The molecule has 0 radical (unpaired) electrons. The number of furan rings is 1. The van der Waals surface area contributed by atoms with Crippen molar-refractivity contribution in [3.8, 4) is 0 Å². The van der Waals surface area contributed by atoms with Gasteiger partial charge in [0.15, 0.2) is 0 Å². The van der Waals surface area contributed by atoms with Gasteiger partial charge in [0, 0.05) is 37.1 Å². The Morgan fingerprint density at radius 1 is 1.53 bits per heavy atom. The third kappa shape index (κ3) is 2.72. The number of piperazine rings is 1. The molecule has 1 aliphatic heterocycles. The minimum absolute atomic E-state index is 0.323. The quantitative estimate of drug-likeness (QED) is 0.904. The number of hydrogen-bond donors (Lipinski definition) is 1. The van der Waals surface area contributed by atoms with E-state index in [4.69, 9.17) is 4.42 Å². The first-order valence-electron chi connectivity index (χ1n) is 7.61. The molecular formula is C16H26N2O. The van der Waals surface area contributed by atoms with E-state index < -0.39 is 0 Å². The van der Waals surface area contributed by atoms with Crippen LogP contribution in [-0.2, 0) is 6.42 Å². The molecule has 1 N–H and O–H groups in total. The fourth-order valence-corrected chi connectivity index (χ4v) is 3.51. The molecule has 0 amide bonds. The Balaban J connectivity index is 1.67. The number of nitrogens with zero attached hydrogens (tertiary/aromatic N) is 1. The molecule has 1 aromatic rings. The van der Waals surface area contributed by atoms with Gasteiger partial charge in [0.05, 0.1) is 6.26 Å². The van der Waals surface area contributed by atoms with Crippen molar-refractivity contribution in [3.63, 3.8) is 0 Å². The Bertz CT molecular complexity index is 412. The summed E-state index contributed by atoms with van der Waals surface area (Å²) in [6.07, 6.45) is 5.59. The Morgan fingerprint density at radius 3 is 2.95 bits per heavy atom. The minimum Gasteiger partial charge on any atom is -0.469 e. The van der Waals surface area contributed by atoms with E-state index in [1.807, 2.05) is 6.07 Å². The van der Waals surface area contributed by atoms with E-state index in [1.54, 1.807) is 6.26 Å². The van der Waals surface area contributed by atoms with Crippen LogP contribution in [0.1, 0.15) is 39.4 Å². The molecule has 2 heterocycles. The summed E-state index contributed by atoms with van der Waals surface area (Å²) < 4.78 is 5.50. The standard InChI is InChI=1S/C16H26N2O/c1-12(9-15-5-4-8-19-15)18-11-16(3,14-6-7-14)17-10-13(18)2/h4-5,8,12-14,17H,6-7,9-11H2,1-3H3. The SMILES string of the molecule is CC1CNC(C)(C2CC2)CN1C(C)Cc1ccco1. The molecule has 0 aromatic carbocycles. The van der Waals surface area contributed by atoms with Crippen LogP contribution in [0.2, 0.25) is 0 Å². The van der Waals surface area contributed by atoms with Crippen LogP contribution in [-0.4, -0.2) is 35.6 Å². The monoisotopic (exact) mass is 262 g/mol. The van der Waals surface area contributed by atoms with E-state index in [0.29, 0.717) is 17.6 Å². The van der Waals surface area contributed by atoms with Gasteiger partial charge in [-0.3, -0.25) is 4.90 Å². The van der Waals surface area contributed by atoms with Gasteiger partial charge in [0.1, 0.15) is 5.76 Å². The second-order valence-electron chi connectivity index (χ2n) is 6.73. The largest absolute Gasteiger partial charge is 0.469 e. The highest BCUT2D eigenvalue weighted by Crippen LogP contribution is 2.41. The molecule has 3 atom stereocenters. The van der Waals surface area contributed by atoms with Crippen molar-refractivity contribution in [2.75, 3.05) is 13.1 Å². The van der Waals surface area contributed by atoms with Crippen molar-refractivity contribution in [1.29, 1.82) is 0 Å². The summed E-state index contributed by atoms with van der Waals surface area (Å²) in [7, 11) is 0. The molecule has 3 unspecified atom stereocenters. The van der Waals surface area contributed by atoms with Gasteiger partial charge in [0.25, 0.3) is 0 Å². The van der Waals surface area contributed by atoms with Crippen molar-refractivity contribution in [2.24, 2.45) is 5.92 Å². The molecule has 3 nitrogen and oxygen atoms in total. The second-order valence-corrected chi connectivity index (χ2v) is 6.73. The van der Waals surface area contributed by atoms with E-state index in [0.717, 1.165) is 24.6 Å². The van der Waals surface area contributed by atoms with Gasteiger partial charge < -0.3 is 9.73 Å². The number of rotatable bonds is 4. The fourth-order valence-electron chi connectivity index (χ4n) is 3.51. The zero-order chi connectivity index (χ0) is 13.5. The molecule has 106 valence electrons. The molecule has 3 rings (SSSR count). The van der Waals surface area contributed by atoms with Crippen LogP contribution in [0.5, 0.6) is 0 Å². The van der Waals surface area contributed by atoms with Crippen LogP contribution < -0.4 is 5.32 Å². The average Bonchev–Trinajstić information content (AvgIpc) is 3.13. The van der Waals surface area contributed by atoms with Crippen LogP contribution in [0, 0.1) is 5.92 Å². The molecule has 1 saturated heterocycles. The van der Waals surface area contributed by atoms with Crippen LogP contribution in [0.25, 0.3) is 0 Å². The summed E-state index contributed by atoms with van der Waals surface area (Å²) in [5.41, 5.74) is 0.323. The van der Waals surface area contributed by atoms with Gasteiger partial charge in [-0.2, -0.15) is 0 Å². The lowest BCUT2D eigenvalue weighted by Crippen LogP contribution is -2.65. The van der Waals surface area contributed by atoms with Crippen LogP contribution in [0.3, 0.4) is 0 Å². The maximum Gasteiger partial charge on any atom is 0.105 e. The highest BCUT2D eigenvalue weighted by Gasteiger charge is 2.46. The molecule has 1 aliphatic carbocycles. The van der Waals surface area contributed by atoms with E-state index in [1.165, 1.54) is 19.4 Å². The van der Waals surface area contributed by atoms with E-state index in [2.05, 4.69) is 37.1 Å². The molecule has 19 heavy (non-hydrogen) atoms. The number of nitrogens with one attached hydrogen (secondary N) is 1. The predicted octanol–water partition coefficient (Wildman–Crippen LogP) is 2.67. The summed E-state index contributed by atoms with van der Waals surface area (Å²) >= 11 is 0. The van der Waals surface area contributed by atoms with Crippen molar-refractivity contribution >= 4 is 0 Å². The highest BCUT2D eigenvalue weighted by molar-refractivity contribution is 5.06. The summed E-state index contributed by atoms with van der Waals surface area (Å²) in [5, 5.41) is 3.79. The summed E-state index contributed by atoms with van der Waals surface area (Å²) in [4.78, 5) is 2.66. The fraction of sp³-hybridized carbons (Fsp3) is 0.750. The lowest BCUT2D eigenvalue weighted by atomic mass is 9.90. The van der Waals surface area contributed by atoms with E-state index >= 15 is 0 Å². The maximum atomic E-state index is 5.50. The van der Waals surface area contributed by atoms with Gasteiger partial charge in [-0.25, -0.2) is 0 Å². The zero-order valence-corrected chi connectivity index (χ0v) is 12.4. The molecule has 0 spiro atoms. The van der Waals surface area contributed by atoms with Gasteiger partial charge in [-0.1, -0.05) is 0 Å². The molecule has 3 heteroatoms. The molecule has 1 saturated carbocycles. The third-order valence-electron chi connectivity index (χ3n) is 5.00. The topological polar surface area (TPSA) is 28.4 Å². The van der Waals surface area contributed by atoms with Crippen molar-refractivity contribution in [3.05, 3.63) is 24.2 Å². The average molecular weight is 262 g/mol. The van der Waals surface area contributed by atoms with Crippen LogP contribution in [0.15, 0.2) is 22.8 Å². The molecule has 2 aliphatic rings. The predicted molar refractivity (Wildman–Crippen MR) is 77.2 cm³/mol. The molecule has 1 aromatic heterocycles. The second kappa shape index (κ2) is 4.95. The summed E-state index contributed by atoms with van der Waals surface area (Å²) in [6.45, 7) is 9.34. The van der Waals surface area contributed by atoms with Crippen LogP contribution >= 0.6 is 0 Å². The molecule has 0 bridgehead atoms. The Morgan fingerprint density at radius 2 is 2.32 bits per heavy atom. The van der Waals surface area contributed by atoms with Gasteiger partial charge in [-0.15, -0.1) is 0 Å². The molecular weight excluding hydrogens is 236 g/mol. The summed E-state index contributed by atoms with van der Waals surface area (Å²) in [5.74, 6) is 1.99. The number of hydrogen-bond acceptors (Lipinski definition) is 3. The zero-order valence-electron chi connectivity index (χ0n) is 12.4. The first-order chi connectivity index (χ1) is 9.08. The summed E-state index contributed by atoms with van der Waals surface area (Å²) in [6, 6.07) is 5.22.